The highest BCUT2D eigenvalue weighted by Gasteiger charge is 2.22. The van der Waals surface area contributed by atoms with E-state index in [9.17, 15) is 0 Å². The van der Waals surface area contributed by atoms with Gasteiger partial charge in [0.2, 0.25) is 0 Å². The van der Waals surface area contributed by atoms with Crippen molar-refractivity contribution in [3.05, 3.63) is 424 Å². The summed E-state index contributed by atoms with van der Waals surface area (Å²) in [6, 6.07) is 151. The standard InChI is InChI=1S/C60H39N3.C50H35N3/c1-3-14-40(15-4-1)43-28-34-59-53(37-43)54-38-44(41-16-5-2-6-17-41)29-35-60(54)61(59)46-31-26-42(27-32-46)45-30-33-58-52(36-45)51-22-9-12-25-57(51)63(58)48-19-13-18-47(39-48)62-55-23-10-7-20-49(55)50-21-8-11-24-56(50)62;1-32-18-25-48-42(28-32)43-29-33(2)19-26-49(43)53(48)38-11-9-10-37(31-38)52-47-17-8-5-14-41(47)44-30-35(22-27-50(44)52)34-20-23-36(24-21-34)51-45-15-6-3-12-39(45)40-13-4-7-16-46(40)51/h1-39H;3-31H,1-2H3. The van der Waals surface area contributed by atoms with Gasteiger partial charge in [-0.2, -0.15) is 0 Å². The van der Waals surface area contributed by atoms with E-state index in [1.54, 1.807) is 0 Å². The molecule has 0 atom stereocenters. The molecule has 24 rings (SSSR count). The van der Waals surface area contributed by atoms with Gasteiger partial charge >= 0.3 is 0 Å². The van der Waals surface area contributed by atoms with E-state index in [0.717, 1.165) is 34.1 Å². The summed E-state index contributed by atoms with van der Waals surface area (Å²) in [5, 5.41) is 15.1. The molecule has 24 aromatic rings. The number of fused-ring (bicyclic) bond motifs is 18. The van der Waals surface area contributed by atoms with Crippen LogP contribution in [0.5, 0.6) is 0 Å². The van der Waals surface area contributed by atoms with E-state index in [1.807, 2.05) is 0 Å². The van der Waals surface area contributed by atoms with E-state index in [4.69, 9.17) is 0 Å². The number of benzene rings is 18. The predicted octanol–water partition coefficient (Wildman–Crippen LogP) is 29.2. The zero-order valence-corrected chi connectivity index (χ0v) is 63.9. The number of para-hydroxylation sites is 6. The van der Waals surface area contributed by atoms with Crippen LogP contribution in [0.25, 0.3) is 209 Å². The Morgan fingerprint density at radius 3 is 0.603 bits per heavy atom. The Kier molecular flexibility index (Phi) is 15.3. The van der Waals surface area contributed by atoms with Crippen LogP contribution in [0.4, 0.5) is 0 Å². The summed E-state index contributed by atoms with van der Waals surface area (Å²) in [5.74, 6) is 0. The van der Waals surface area contributed by atoms with Crippen molar-refractivity contribution >= 4 is 131 Å². The molecule has 6 aromatic heterocycles. The minimum Gasteiger partial charge on any atom is -0.309 e. The second-order valence-corrected chi connectivity index (χ2v) is 30.9. The molecule has 0 amide bonds. The molecule has 0 aliphatic rings. The molecule has 0 aliphatic carbocycles. The average molecular weight is 1480 g/mol. The fourth-order valence-corrected chi connectivity index (χ4v) is 18.9. The maximum Gasteiger partial charge on any atom is 0.0541 e. The highest BCUT2D eigenvalue weighted by molar-refractivity contribution is 6.16. The fourth-order valence-electron chi connectivity index (χ4n) is 18.9. The van der Waals surface area contributed by atoms with Crippen LogP contribution in [0, 0.1) is 13.8 Å². The molecule has 0 saturated heterocycles. The lowest BCUT2D eigenvalue weighted by molar-refractivity contribution is 1.13. The summed E-state index contributed by atoms with van der Waals surface area (Å²) in [5.41, 5.74) is 33.6. The topological polar surface area (TPSA) is 29.6 Å². The molecule has 6 heterocycles. The van der Waals surface area contributed by atoms with Crippen molar-refractivity contribution in [2.75, 3.05) is 0 Å². The number of nitrogens with zero attached hydrogens (tertiary/aromatic N) is 6. The number of aromatic nitrogens is 6. The molecule has 6 nitrogen and oxygen atoms in total. The number of hydrogen-bond donors (Lipinski definition) is 0. The van der Waals surface area contributed by atoms with Gasteiger partial charge in [0.1, 0.15) is 0 Å². The van der Waals surface area contributed by atoms with Crippen LogP contribution < -0.4 is 0 Å². The molecule has 116 heavy (non-hydrogen) atoms. The summed E-state index contributed by atoms with van der Waals surface area (Å²) in [4.78, 5) is 0. The van der Waals surface area contributed by atoms with Crippen molar-refractivity contribution in [2.45, 2.75) is 13.8 Å². The Morgan fingerprint density at radius 1 is 0.121 bits per heavy atom. The Balaban J connectivity index is 0.000000139. The molecule has 0 unspecified atom stereocenters. The summed E-state index contributed by atoms with van der Waals surface area (Å²) < 4.78 is 14.5. The largest absolute Gasteiger partial charge is 0.309 e. The van der Waals surface area contributed by atoms with Gasteiger partial charge in [-0.05, 0) is 228 Å². The number of rotatable bonds is 10. The van der Waals surface area contributed by atoms with Crippen LogP contribution in [0.3, 0.4) is 0 Å². The van der Waals surface area contributed by atoms with Crippen LogP contribution in [-0.4, -0.2) is 27.4 Å². The zero-order valence-electron chi connectivity index (χ0n) is 63.9. The molecule has 544 valence electrons. The van der Waals surface area contributed by atoms with Gasteiger partial charge in [0.05, 0.1) is 66.2 Å². The van der Waals surface area contributed by atoms with E-state index in [2.05, 4.69) is 454 Å². The fraction of sp³-hybridized carbons (Fsp3) is 0.0182. The average Bonchev–Trinajstić information content (AvgIpc) is 1.53. The minimum atomic E-state index is 1.13. The van der Waals surface area contributed by atoms with Gasteiger partial charge in [-0.1, -0.05) is 254 Å². The second kappa shape index (κ2) is 26.7. The van der Waals surface area contributed by atoms with Gasteiger partial charge in [-0.15, -0.1) is 0 Å². The number of aryl methyl sites for hydroxylation is 2. The maximum atomic E-state index is 2.42. The quantitative estimate of drug-likeness (QED) is 0.131. The van der Waals surface area contributed by atoms with E-state index in [-0.39, 0.29) is 0 Å². The third-order valence-corrected chi connectivity index (χ3v) is 24.2. The van der Waals surface area contributed by atoms with Gasteiger partial charge in [-0.25, -0.2) is 0 Å². The van der Waals surface area contributed by atoms with Gasteiger partial charge in [-0.3, -0.25) is 0 Å². The molecule has 0 spiro atoms. The molecule has 0 bridgehead atoms. The van der Waals surface area contributed by atoms with Crippen LogP contribution in [-0.2, 0) is 0 Å². The molecule has 6 heteroatoms. The molecule has 0 N–H and O–H groups in total. The van der Waals surface area contributed by atoms with Crippen LogP contribution in [0.1, 0.15) is 11.1 Å². The van der Waals surface area contributed by atoms with Crippen molar-refractivity contribution < 1.29 is 0 Å². The molecule has 0 saturated carbocycles. The molecular formula is C110H74N6. The third-order valence-electron chi connectivity index (χ3n) is 24.2. The zero-order chi connectivity index (χ0) is 76.6. The van der Waals surface area contributed by atoms with E-state index >= 15 is 0 Å². The summed E-state index contributed by atoms with van der Waals surface area (Å²) in [6.45, 7) is 4.35. The van der Waals surface area contributed by atoms with Crippen molar-refractivity contribution in [2.24, 2.45) is 0 Å². The van der Waals surface area contributed by atoms with E-state index < -0.39 is 0 Å². The summed E-state index contributed by atoms with van der Waals surface area (Å²) in [7, 11) is 0. The van der Waals surface area contributed by atoms with Gasteiger partial charge < -0.3 is 27.4 Å². The second-order valence-electron chi connectivity index (χ2n) is 30.9. The normalized spacial score (nSPS) is 11.9. The monoisotopic (exact) mass is 1480 g/mol. The smallest absolute Gasteiger partial charge is 0.0541 e. The molecule has 18 aromatic carbocycles. The third kappa shape index (κ3) is 10.7. The van der Waals surface area contributed by atoms with Gasteiger partial charge in [0.15, 0.2) is 0 Å². The van der Waals surface area contributed by atoms with Crippen LogP contribution in [0.2, 0.25) is 0 Å². The lowest BCUT2D eigenvalue weighted by atomic mass is 10.0. The first-order valence-electron chi connectivity index (χ1n) is 40.0. The number of hydrogen-bond acceptors (Lipinski definition) is 0. The highest BCUT2D eigenvalue weighted by Crippen LogP contribution is 2.44. The Morgan fingerprint density at radius 2 is 0.319 bits per heavy atom. The van der Waals surface area contributed by atoms with Gasteiger partial charge in [0, 0.05) is 98.8 Å². The van der Waals surface area contributed by atoms with Gasteiger partial charge in [0.25, 0.3) is 0 Å². The van der Waals surface area contributed by atoms with E-state index in [1.165, 1.54) is 186 Å². The van der Waals surface area contributed by atoms with Crippen LogP contribution >= 0.6 is 0 Å². The summed E-state index contributed by atoms with van der Waals surface area (Å²) in [6.07, 6.45) is 0. The predicted molar refractivity (Wildman–Crippen MR) is 490 cm³/mol. The molecule has 0 radical (unpaired) electrons. The molecular weight excluding hydrogens is 1410 g/mol. The lowest BCUT2D eigenvalue weighted by Crippen LogP contribution is -1.98. The maximum absolute atomic E-state index is 2.42. The van der Waals surface area contributed by atoms with Crippen molar-refractivity contribution in [3.63, 3.8) is 0 Å². The summed E-state index contributed by atoms with van der Waals surface area (Å²) >= 11 is 0. The SMILES string of the molecule is Cc1ccc2c(c1)c1cc(C)ccc1n2-c1cccc(-n2c3ccccc3c3cc(-c4ccc(-n5c6ccccc6c6ccccc65)cc4)ccc32)c1.c1ccc(-c2ccc3c(c2)c2cc(-c4ccccc4)ccc2n3-c2ccc(-c3ccc4c(c3)c3ccccc3n4-c3cccc(-n4c5ccccc5c5ccccc54)c3)cc2)cc1. The van der Waals surface area contributed by atoms with Crippen LogP contribution in [0.15, 0.2) is 413 Å². The molecule has 0 fully saturated rings. The first kappa shape index (κ1) is 66.5. The first-order chi connectivity index (χ1) is 57.3. The van der Waals surface area contributed by atoms with Crippen molar-refractivity contribution in [3.8, 4) is 78.6 Å². The Labute approximate surface area is 669 Å². The first-order valence-corrected chi connectivity index (χ1v) is 40.0. The Hall–Kier alpha value is -15.2. The van der Waals surface area contributed by atoms with E-state index in [0.29, 0.717) is 0 Å². The lowest BCUT2D eigenvalue weighted by Gasteiger charge is -2.13. The molecule has 0 aliphatic heterocycles. The Bertz CT molecular complexity index is 7810. The minimum absolute atomic E-state index is 1.13. The van der Waals surface area contributed by atoms with Crippen molar-refractivity contribution in [1.82, 2.24) is 27.4 Å². The highest BCUT2D eigenvalue weighted by atomic mass is 15.0. The van der Waals surface area contributed by atoms with Crippen molar-refractivity contribution in [1.29, 1.82) is 0 Å².